The summed E-state index contributed by atoms with van der Waals surface area (Å²) in [7, 11) is 4.16. The SMILES string of the molecule is CN(C)CCCNc1nc(CN2CCN(C(=O)NCc3ccc(Cl)c(Cl)c3)CC2)nc2ccccc12. The summed E-state index contributed by atoms with van der Waals surface area (Å²) in [5, 5.41) is 8.50. The summed E-state index contributed by atoms with van der Waals surface area (Å²) in [5.41, 5.74) is 1.86. The minimum atomic E-state index is -0.0770. The molecule has 1 aliphatic heterocycles. The molecule has 4 rings (SSSR count). The van der Waals surface area contributed by atoms with Crippen LogP contribution in [-0.2, 0) is 13.1 Å². The van der Waals surface area contributed by atoms with Gasteiger partial charge in [-0.2, -0.15) is 0 Å². The number of nitrogens with zero attached hydrogens (tertiary/aromatic N) is 5. The molecule has 0 saturated carbocycles. The second kappa shape index (κ2) is 12.5. The van der Waals surface area contributed by atoms with Gasteiger partial charge in [-0.1, -0.05) is 41.4 Å². The number of carbonyl (C=O) groups is 1. The molecule has 2 aromatic carbocycles. The van der Waals surface area contributed by atoms with E-state index in [0.717, 1.165) is 60.7 Å². The molecule has 0 aliphatic carbocycles. The zero-order valence-corrected chi connectivity index (χ0v) is 22.3. The fraction of sp³-hybridized carbons (Fsp3) is 0.423. The number of amides is 2. The van der Waals surface area contributed by atoms with E-state index in [4.69, 9.17) is 33.2 Å². The van der Waals surface area contributed by atoms with Gasteiger partial charge in [0.2, 0.25) is 0 Å². The number of fused-ring (bicyclic) bond motifs is 1. The lowest BCUT2D eigenvalue weighted by Gasteiger charge is -2.34. The van der Waals surface area contributed by atoms with E-state index in [1.54, 1.807) is 12.1 Å². The topological polar surface area (TPSA) is 76.6 Å². The number of piperazine rings is 1. The maximum atomic E-state index is 12.6. The van der Waals surface area contributed by atoms with Gasteiger partial charge in [0.25, 0.3) is 0 Å². The number of benzene rings is 2. The van der Waals surface area contributed by atoms with Gasteiger partial charge in [0.15, 0.2) is 0 Å². The van der Waals surface area contributed by atoms with Crippen LogP contribution in [0.1, 0.15) is 17.8 Å². The van der Waals surface area contributed by atoms with Gasteiger partial charge in [-0.15, -0.1) is 0 Å². The Hall–Kier alpha value is -2.65. The molecule has 36 heavy (non-hydrogen) atoms. The molecule has 2 amide bonds. The van der Waals surface area contributed by atoms with Crippen molar-refractivity contribution in [1.29, 1.82) is 0 Å². The molecule has 0 radical (unpaired) electrons. The van der Waals surface area contributed by atoms with E-state index in [-0.39, 0.29) is 6.03 Å². The Morgan fingerprint density at radius 3 is 2.56 bits per heavy atom. The number of rotatable bonds is 9. The minimum Gasteiger partial charge on any atom is -0.369 e. The Labute approximate surface area is 222 Å². The summed E-state index contributed by atoms with van der Waals surface area (Å²) < 4.78 is 0. The predicted molar refractivity (Wildman–Crippen MR) is 147 cm³/mol. The summed E-state index contributed by atoms with van der Waals surface area (Å²) in [6.45, 7) is 5.76. The molecule has 2 N–H and O–H groups in total. The first-order chi connectivity index (χ1) is 17.4. The van der Waals surface area contributed by atoms with Gasteiger partial charge in [-0.25, -0.2) is 14.8 Å². The number of anilines is 1. The zero-order valence-electron chi connectivity index (χ0n) is 20.8. The number of urea groups is 1. The Kier molecular flexibility index (Phi) is 9.20. The van der Waals surface area contributed by atoms with Crippen LogP contribution in [0.25, 0.3) is 10.9 Å². The third kappa shape index (κ3) is 7.20. The van der Waals surface area contributed by atoms with Crippen LogP contribution >= 0.6 is 23.2 Å². The van der Waals surface area contributed by atoms with E-state index >= 15 is 0 Å². The van der Waals surface area contributed by atoms with E-state index < -0.39 is 0 Å². The maximum Gasteiger partial charge on any atom is 0.317 e. The molecule has 0 bridgehead atoms. The van der Waals surface area contributed by atoms with Crippen molar-refractivity contribution >= 4 is 46.0 Å². The molecule has 1 aliphatic rings. The van der Waals surface area contributed by atoms with Crippen LogP contribution in [0.2, 0.25) is 10.0 Å². The molecule has 8 nitrogen and oxygen atoms in total. The van der Waals surface area contributed by atoms with Crippen LogP contribution in [-0.4, -0.2) is 84.1 Å². The standard InChI is InChI=1S/C26H33Cl2N7O/c1-33(2)11-5-10-29-25-20-6-3-4-7-23(20)31-24(32-25)18-34-12-14-35(15-13-34)26(36)30-17-19-8-9-21(27)22(28)16-19/h3-4,6-9,16H,5,10-15,17-18H2,1-2H3,(H,30,36)(H,29,31,32). The number of nitrogens with one attached hydrogen (secondary N) is 2. The molecule has 1 saturated heterocycles. The molecule has 0 spiro atoms. The van der Waals surface area contributed by atoms with Crippen molar-refractivity contribution in [3.63, 3.8) is 0 Å². The highest BCUT2D eigenvalue weighted by Gasteiger charge is 2.22. The van der Waals surface area contributed by atoms with Gasteiger partial charge in [0.1, 0.15) is 11.6 Å². The van der Waals surface area contributed by atoms with Crippen LogP contribution in [0.3, 0.4) is 0 Å². The largest absolute Gasteiger partial charge is 0.369 e. The highest BCUT2D eigenvalue weighted by molar-refractivity contribution is 6.42. The van der Waals surface area contributed by atoms with Crippen molar-refractivity contribution in [2.75, 3.05) is 58.7 Å². The molecule has 0 atom stereocenters. The van der Waals surface area contributed by atoms with Crippen LogP contribution in [0.15, 0.2) is 42.5 Å². The zero-order chi connectivity index (χ0) is 25.5. The lowest BCUT2D eigenvalue weighted by atomic mass is 10.2. The van der Waals surface area contributed by atoms with Gasteiger partial charge in [-0.05, 0) is 56.9 Å². The third-order valence-electron chi connectivity index (χ3n) is 6.18. The van der Waals surface area contributed by atoms with Crippen molar-refractivity contribution in [2.24, 2.45) is 0 Å². The Morgan fingerprint density at radius 1 is 1.03 bits per heavy atom. The molecule has 1 aromatic heterocycles. The van der Waals surface area contributed by atoms with Crippen molar-refractivity contribution in [3.05, 3.63) is 63.9 Å². The Bertz CT molecular complexity index is 1180. The van der Waals surface area contributed by atoms with E-state index in [0.29, 0.717) is 36.2 Å². The first-order valence-corrected chi connectivity index (χ1v) is 13.0. The summed E-state index contributed by atoms with van der Waals surface area (Å²) in [6, 6.07) is 13.4. The van der Waals surface area contributed by atoms with Crippen LogP contribution in [0.4, 0.5) is 10.6 Å². The number of aromatic nitrogens is 2. The normalized spacial score (nSPS) is 14.4. The highest BCUT2D eigenvalue weighted by atomic mass is 35.5. The average Bonchev–Trinajstić information content (AvgIpc) is 2.87. The highest BCUT2D eigenvalue weighted by Crippen LogP contribution is 2.23. The van der Waals surface area contributed by atoms with Gasteiger partial charge in [0, 0.05) is 44.7 Å². The molecule has 0 unspecified atom stereocenters. The fourth-order valence-corrected chi connectivity index (χ4v) is 4.50. The van der Waals surface area contributed by atoms with E-state index in [9.17, 15) is 4.79 Å². The number of carbonyl (C=O) groups excluding carboxylic acids is 1. The number of hydrogen-bond acceptors (Lipinski definition) is 6. The molecule has 3 aromatic rings. The molecular weight excluding hydrogens is 497 g/mol. The monoisotopic (exact) mass is 529 g/mol. The van der Waals surface area contributed by atoms with Gasteiger partial charge in [0.05, 0.1) is 22.1 Å². The molecule has 192 valence electrons. The van der Waals surface area contributed by atoms with Crippen LogP contribution in [0.5, 0.6) is 0 Å². The second-order valence-electron chi connectivity index (χ2n) is 9.26. The van der Waals surface area contributed by atoms with Crippen molar-refractivity contribution < 1.29 is 4.79 Å². The smallest absolute Gasteiger partial charge is 0.317 e. The molecule has 10 heteroatoms. The number of hydrogen-bond donors (Lipinski definition) is 2. The van der Waals surface area contributed by atoms with Gasteiger partial charge in [-0.3, -0.25) is 4.90 Å². The van der Waals surface area contributed by atoms with Gasteiger partial charge >= 0.3 is 6.03 Å². The Balaban J connectivity index is 1.31. The fourth-order valence-electron chi connectivity index (χ4n) is 4.18. The summed E-state index contributed by atoms with van der Waals surface area (Å²) in [4.78, 5) is 28.6. The average molecular weight is 531 g/mol. The van der Waals surface area contributed by atoms with Crippen molar-refractivity contribution in [3.8, 4) is 0 Å². The van der Waals surface area contributed by atoms with E-state index in [1.165, 1.54) is 0 Å². The lowest BCUT2D eigenvalue weighted by Crippen LogP contribution is -2.51. The molecule has 1 fully saturated rings. The van der Waals surface area contributed by atoms with Gasteiger partial charge < -0.3 is 20.4 Å². The van der Waals surface area contributed by atoms with E-state index in [1.807, 2.05) is 29.2 Å². The second-order valence-corrected chi connectivity index (χ2v) is 10.1. The summed E-state index contributed by atoms with van der Waals surface area (Å²) in [6.07, 6.45) is 1.04. The first-order valence-electron chi connectivity index (χ1n) is 12.2. The quantitative estimate of drug-likeness (QED) is 0.402. The predicted octanol–water partition coefficient (Wildman–Crippen LogP) is 4.33. The third-order valence-corrected chi connectivity index (χ3v) is 6.92. The Morgan fingerprint density at radius 2 is 1.81 bits per heavy atom. The first kappa shape index (κ1) is 26.4. The lowest BCUT2D eigenvalue weighted by molar-refractivity contribution is 0.133. The van der Waals surface area contributed by atoms with Crippen molar-refractivity contribution in [1.82, 2.24) is 30.0 Å². The molecule has 2 heterocycles. The summed E-state index contributed by atoms with van der Waals surface area (Å²) in [5.74, 6) is 1.68. The maximum absolute atomic E-state index is 12.6. The number of halogens is 2. The number of para-hydroxylation sites is 1. The summed E-state index contributed by atoms with van der Waals surface area (Å²) >= 11 is 12.0. The minimum absolute atomic E-state index is 0.0770. The molecular formula is C26H33Cl2N7O. The van der Waals surface area contributed by atoms with Crippen LogP contribution in [0, 0.1) is 0 Å². The van der Waals surface area contributed by atoms with Crippen LogP contribution < -0.4 is 10.6 Å². The van der Waals surface area contributed by atoms with Crippen molar-refractivity contribution in [2.45, 2.75) is 19.5 Å². The van der Waals surface area contributed by atoms with E-state index in [2.05, 4.69) is 40.6 Å².